The molecule has 0 saturated heterocycles. The lowest BCUT2D eigenvalue weighted by atomic mass is 10.2. The molecule has 1 aromatic rings. The average molecular weight is 216 g/mol. The highest BCUT2D eigenvalue weighted by atomic mass is 35.5. The van der Waals surface area contributed by atoms with E-state index in [0.717, 1.165) is 5.56 Å². The van der Waals surface area contributed by atoms with Gasteiger partial charge < -0.3 is 15.5 Å². The molecular weight excluding hydrogens is 202 g/mol. The van der Waals surface area contributed by atoms with Gasteiger partial charge in [0.05, 0.1) is 11.6 Å². The largest absolute Gasteiger partial charge is 0.506 e. The number of benzene rings is 1. The number of hydrogen-bond donors (Lipinski definition) is 3. The van der Waals surface area contributed by atoms with Crippen LogP contribution in [0.3, 0.4) is 0 Å². The predicted molar refractivity (Wildman–Crippen MR) is 56.5 cm³/mol. The van der Waals surface area contributed by atoms with Crippen molar-refractivity contribution < 1.29 is 10.2 Å². The zero-order chi connectivity index (χ0) is 10.6. The Balaban J connectivity index is 2.63. The topological polar surface area (TPSA) is 52.5 Å². The molecule has 0 amide bonds. The molecule has 14 heavy (non-hydrogen) atoms. The normalized spacial score (nSPS) is 12.8. The zero-order valence-electron chi connectivity index (χ0n) is 8.00. The number of halogens is 1. The van der Waals surface area contributed by atoms with Crippen molar-refractivity contribution >= 4 is 11.6 Å². The summed E-state index contributed by atoms with van der Waals surface area (Å²) in [7, 11) is 0. The molecule has 0 aliphatic carbocycles. The molecule has 78 valence electrons. The molecule has 0 bridgehead atoms. The van der Waals surface area contributed by atoms with Gasteiger partial charge in [0.15, 0.2) is 0 Å². The van der Waals surface area contributed by atoms with Gasteiger partial charge in [-0.15, -0.1) is 0 Å². The van der Waals surface area contributed by atoms with Crippen molar-refractivity contribution in [1.29, 1.82) is 0 Å². The van der Waals surface area contributed by atoms with Gasteiger partial charge in [-0.25, -0.2) is 0 Å². The van der Waals surface area contributed by atoms with Crippen molar-refractivity contribution in [3.05, 3.63) is 28.8 Å². The Kier molecular flexibility index (Phi) is 4.20. The third kappa shape index (κ3) is 2.87. The fourth-order valence-electron chi connectivity index (χ4n) is 1.05. The summed E-state index contributed by atoms with van der Waals surface area (Å²) < 4.78 is 0. The van der Waals surface area contributed by atoms with Crippen LogP contribution in [-0.2, 0) is 6.54 Å². The lowest BCUT2D eigenvalue weighted by Gasteiger charge is -2.11. The maximum absolute atomic E-state index is 9.55. The number of phenolic OH excluding ortho intramolecular Hbond substituents is 1. The molecule has 3 N–H and O–H groups in total. The first kappa shape index (κ1) is 11.3. The molecule has 0 saturated carbocycles. The minimum atomic E-state index is 0.00776. The molecule has 1 aromatic carbocycles. The second-order valence-electron chi connectivity index (χ2n) is 3.21. The molecule has 0 fully saturated rings. The Morgan fingerprint density at radius 1 is 1.50 bits per heavy atom. The number of phenols is 1. The van der Waals surface area contributed by atoms with E-state index >= 15 is 0 Å². The molecule has 1 atom stereocenters. The summed E-state index contributed by atoms with van der Waals surface area (Å²) in [5, 5.41) is 21.7. The Morgan fingerprint density at radius 3 is 2.86 bits per heavy atom. The van der Waals surface area contributed by atoms with E-state index in [1.807, 2.05) is 6.92 Å². The van der Waals surface area contributed by atoms with Crippen molar-refractivity contribution in [3.8, 4) is 5.75 Å². The van der Waals surface area contributed by atoms with Gasteiger partial charge in [-0.2, -0.15) is 0 Å². The van der Waals surface area contributed by atoms with Crippen LogP contribution in [0.15, 0.2) is 18.2 Å². The Morgan fingerprint density at radius 2 is 2.21 bits per heavy atom. The number of aromatic hydroxyl groups is 1. The van der Waals surface area contributed by atoms with Crippen LogP contribution in [0.5, 0.6) is 5.75 Å². The van der Waals surface area contributed by atoms with Gasteiger partial charge in [0.1, 0.15) is 5.75 Å². The van der Waals surface area contributed by atoms with E-state index in [9.17, 15) is 5.11 Å². The van der Waals surface area contributed by atoms with E-state index in [2.05, 4.69) is 5.32 Å². The number of rotatable bonds is 4. The SMILES string of the molecule is C[C@H](CO)NCc1cccc(Cl)c1O. The standard InChI is InChI=1S/C10H14ClNO2/c1-7(6-13)12-5-8-3-2-4-9(11)10(8)14/h2-4,7,12-14H,5-6H2,1H3/t7-/m1/s1. The van der Waals surface area contributed by atoms with Gasteiger partial charge in [0.2, 0.25) is 0 Å². The molecule has 0 heterocycles. The van der Waals surface area contributed by atoms with E-state index in [-0.39, 0.29) is 18.4 Å². The molecule has 0 aromatic heterocycles. The second-order valence-corrected chi connectivity index (χ2v) is 3.62. The summed E-state index contributed by atoms with van der Waals surface area (Å²) in [5.74, 6) is 0.104. The van der Waals surface area contributed by atoms with Gasteiger partial charge in [0.25, 0.3) is 0 Å². The summed E-state index contributed by atoms with van der Waals surface area (Å²) in [6, 6.07) is 5.21. The van der Waals surface area contributed by atoms with Crippen molar-refractivity contribution in [1.82, 2.24) is 5.32 Å². The van der Waals surface area contributed by atoms with E-state index in [1.54, 1.807) is 18.2 Å². The Hall–Kier alpha value is -0.770. The monoisotopic (exact) mass is 215 g/mol. The Labute approximate surface area is 88.3 Å². The van der Waals surface area contributed by atoms with E-state index in [4.69, 9.17) is 16.7 Å². The van der Waals surface area contributed by atoms with Crippen LogP contribution < -0.4 is 5.32 Å². The molecule has 0 aliphatic rings. The number of para-hydroxylation sites is 1. The first-order valence-electron chi connectivity index (χ1n) is 4.45. The van der Waals surface area contributed by atoms with Crippen molar-refractivity contribution in [3.63, 3.8) is 0 Å². The fraction of sp³-hybridized carbons (Fsp3) is 0.400. The van der Waals surface area contributed by atoms with Gasteiger partial charge in [-0.3, -0.25) is 0 Å². The van der Waals surface area contributed by atoms with Gasteiger partial charge >= 0.3 is 0 Å². The van der Waals surface area contributed by atoms with Crippen LogP contribution in [0.2, 0.25) is 5.02 Å². The van der Waals surface area contributed by atoms with Crippen LogP contribution in [0.1, 0.15) is 12.5 Å². The molecule has 3 nitrogen and oxygen atoms in total. The fourth-order valence-corrected chi connectivity index (χ4v) is 1.25. The molecule has 0 unspecified atom stereocenters. The molecule has 0 aliphatic heterocycles. The van der Waals surface area contributed by atoms with Crippen LogP contribution in [0.4, 0.5) is 0 Å². The minimum Gasteiger partial charge on any atom is -0.506 e. The predicted octanol–water partition coefficient (Wildman–Crippen LogP) is 1.52. The summed E-state index contributed by atoms with van der Waals surface area (Å²) in [6.07, 6.45) is 0. The second kappa shape index (κ2) is 5.20. The maximum atomic E-state index is 9.55. The highest BCUT2D eigenvalue weighted by Gasteiger charge is 2.05. The third-order valence-electron chi connectivity index (χ3n) is 1.99. The summed E-state index contributed by atoms with van der Waals surface area (Å²) in [6.45, 7) is 2.43. The molecular formula is C10H14ClNO2. The van der Waals surface area contributed by atoms with E-state index < -0.39 is 0 Å². The summed E-state index contributed by atoms with van der Waals surface area (Å²) >= 11 is 5.74. The third-order valence-corrected chi connectivity index (χ3v) is 2.29. The number of aliphatic hydroxyl groups is 1. The lowest BCUT2D eigenvalue weighted by Crippen LogP contribution is -2.28. The number of hydrogen-bond acceptors (Lipinski definition) is 3. The van der Waals surface area contributed by atoms with E-state index in [1.165, 1.54) is 0 Å². The van der Waals surface area contributed by atoms with Gasteiger partial charge in [-0.1, -0.05) is 23.7 Å². The number of nitrogens with one attached hydrogen (secondary N) is 1. The van der Waals surface area contributed by atoms with Crippen molar-refractivity contribution in [2.75, 3.05) is 6.61 Å². The smallest absolute Gasteiger partial charge is 0.138 e. The van der Waals surface area contributed by atoms with Crippen LogP contribution in [0.25, 0.3) is 0 Å². The van der Waals surface area contributed by atoms with Crippen molar-refractivity contribution in [2.24, 2.45) is 0 Å². The van der Waals surface area contributed by atoms with Crippen LogP contribution in [-0.4, -0.2) is 22.9 Å². The zero-order valence-corrected chi connectivity index (χ0v) is 8.75. The van der Waals surface area contributed by atoms with Crippen molar-refractivity contribution in [2.45, 2.75) is 19.5 Å². The first-order chi connectivity index (χ1) is 6.65. The van der Waals surface area contributed by atoms with Crippen LogP contribution in [0, 0.1) is 0 Å². The molecule has 4 heteroatoms. The highest BCUT2D eigenvalue weighted by Crippen LogP contribution is 2.26. The summed E-state index contributed by atoms with van der Waals surface area (Å²) in [5.41, 5.74) is 0.734. The molecule has 0 radical (unpaired) electrons. The highest BCUT2D eigenvalue weighted by molar-refractivity contribution is 6.32. The lowest BCUT2D eigenvalue weighted by molar-refractivity contribution is 0.250. The summed E-state index contributed by atoms with van der Waals surface area (Å²) in [4.78, 5) is 0. The van der Waals surface area contributed by atoms with Crippen LogP contribution >= 0.6 is 11.6 Å². The Bertz CT molecular complexity index is 304. The quantitative estimate of drug-likeness (QED) is 0.714. The maximum Gasteiger partial charge on any atom is 0.138 e. The van der Waals surface area contributed by atoms with E-state index in [0.29, 0.717) is 11.6 Å². The average Bonchev–Trinajstić information content (AvgIpc) is 2.20. The first-order valence-corrected chi connectivity index (χ1v) is 4.83. The minimum absolute atomic E-state index is 0.00776. The van der Waals surface area contributed by atoms with Gasteiger partial charge in [0, 0.05) is 18.2 Å². The molecule has 0 spiro atoms. The molecule has 1 rings (SSSR count). The van der Waals surface area contributed by atoms with Gasteiger partial charge in [-0.05, 0) is 13.0 Å². The number of aliphatic hydroxyl groups excluding tert-OH is 1.